The van der Waals surface area contributed by atoms with Crippen LogP contribution in [0.2, 0.25) is 0 Å². The third kappa shape index (κ3) is 3.76. The standard InChI is InChI=1S/C14H20N2O/c1-4-7-13-9-12(11-17)10-14(15-13)16(6-3)8-5-2/h2,9-10,17H,4,6-8,11H2,1,3H3. The summed E-state index contributed by atoms with van der Waals surface area (Å²) in [7, 11) is 0. The third-order valence-electron chi connectivity index (χ3n) is 2.60. The van der Waals surface area contributed by atoms with Gasteiger partial charge in [0.2, 0.25) is 0 Å². The molecule has 0 unspecified atom stereocenters. The molecule has 3 nitrogen and oxygen atoms in total. The molecule has 1 aromatic heterocycles. The van der Waals surface area contributed by atoms with Crippen LogP contribution in [0.3, 0.4) is 0 Å². The quantitative estimate of drug-likeness (QED) is 0.762. The lowest BCUT2D eigenvalue weighted by molar-refractivity contribution is 0.281. The van der Waals surface area contributed by atoms with E-state index in [0.717, 1.165) is 36.5 Å². The molecule has 0 aliphatic rings. The summed E-state index contributed by atoms with van der Waals surface area (Å²) in [5, 5.41) is 9.25. The van der Waals surface area contributed by atoms with Crippen molar-refractivity contribution in [1.29, 1.82) is 0 Å². The van der Waals surface area contributed by atoms with Crippen LogP contribution in [0.15, 0.2) is 12.1 Å². The van der Waals surface area contributed by atoms with Gasteiger partial charge >= 0.3 is 0 Å². The lowest BCUT2D eigenvalue weighted by Crippen LogP contribution is -2.24. The predicted molar refractivity (Wildman–Crippen MR) is 70.9 cm³/mol. The Morgan fingerprint density at radius 3 is 2.71 bits per heavy atom. The third-order valence-corrected chi connectivity index (χ3v) is 2.60. The molecule has 0 saturated heterocycles. The number of pyridine rings is 1. The second-order valence-electron chi connectivity index (χ2n) is 3.95. The van der Waals surface area contributed by atoms with Gasteiger partial charge in [0, 0.05) is 12.2 Å². The summed E-state index contributed by atoms with van der Waals surface area (Å²) in [6.07, 6.45) is 7.31. The Morgan fingerprint density at radius 2 is 2.18 bits per heavy atom. The van der Waals surface area contributed by atoms with E-state index >= 15 is 0 Å². The molecule has 0 atom stereocenters. The highest BCUT2D eigenvalue weighted by Gasteiger charge is 2.07. The molecule has 92 valence electrons. The smallest absolute Gasteiger partial charge is 0.129 e. The Balaban J connectivity index is 3.04. The van der Waals surface area contributed by atoms with E-state index in [4.69, 9.17) is 6.42 Å². The molecule has 0 bridgehead atoms. The minimum atomic E-state index is 0.0415. The number of rotatable bonds is 6. The van der Waals surface area contributed by atoms with Crippen molar-refractivity contribution in [2.24, 2.45) is 0 Å². The van der Waals surface area contributed by atoms with Gasteiger partial charge in [-0.05, 0) is 31.0 Å². The van der Waals surface area contributed by atoms with Crippen molar-refractivity contribution in [2.75, 3.05) is 18.0 Å². The van der Waals surface area contributed by atoms with Crippen LogP contribution in [-0.2, 0) is 13.0 Å². The summed E-state index contributed by atoms with van der Waals surface area (Å²) in [6, 6.07) is 3.86. The molecule has 1 rings (SSSR count). The summed E-state index contributed by atoms with van der Waals surface area (Å²) < 4.78 is 0. The van der Waals surface area contributed by atoms with Crippen molar-refractivity contribution >= 4 is 5.82 Å². The number of aryl methyl sites for hydroxylation is 1. The fraction of sp³-hybridized carbons (Fsp3) is 0.500. The van der Waals surface area contributed by atoms with Gasteiger partial charge in [0.1, 0.15) is 5.82 Å². The van der Waals surface area contributed by atoms with Gasteiger partial charge in [-0.2, -0.15) is 0 Å². The number of anilines is 1. The lowest BCUT2D eigenvalue weighted by Gasteiger charge is -2.20. The van der Waals surface area contributed by atoms with Crippen LogP contribution in [0.4, 0.5) is 5.82 Å². The maximum atomic E-state index is 9.25. The summed E-state index contributed by atoms with van der Waals surface area (Å²) in [4.78, 5) is 6.61. The first-order valence-electron chi connectivity index (χ1n) is 6.04. The second kappa shape index (κ2) is 6.93. The van der Waals surface area contributed by atoms with E-state index in [1.54, 1.807) is 0 Å². The first-order chi connectivity index (χ1) is 8.24. The van der Waals surface area contributed by atoms with Crippen molar-refractivity contribution in [1.82, 2.24) is 4.98 Å². The number of nitrogens with zero attached hydrogens (tertiary/aromatic N) is 2. The van der Waals surface area contributed by atoms with E-state index in [1.807, 2.05) is 24.0 Å². The molecule has 0 aliphatic carbocycles. The van der Waals surface area contributed by atoms with E-state index in [2.05, 4.69) is 17.8 Å². The van der Waals surface area contributed by atoms with Crippen molar-refractivity contribution in [3.63, 3.8) is 0 Å². The normalized spacial score (nSPS) is 10.0. The second-order valence-corrected chi connectivity index (χ2v) is 3.95. The van der Waals surface area contributed by atoms with Crippen molar-refractivity contribution in [2.45, 2.75) is 33.3 Å². The van der Waals surface area contributed by atoms with E-state index in [1.165, 1.54) is 0 Å². The number of aliphatic hydroxyl groups is 1. The van der Waals surface area contributed by atoms with Crippen LogP contribution >= 0.6 is 0 Å². The average molecular weight is 232 g/mol. The van der Waals surface area contributed by atoms with E-state index in [0.29, 0.717) is 6.54 Å². The lowest BCUT2D eigenvalue weighted by atomic mass is 10.1. The Morgan fingerprint density at radius 1 is 1.41 bits per heavy atom. The summed E-state index contributed by atoms with van der Waals surface area (Å²) in [6.45, 7) is 5.57. The first kappa shape index (κ1) is 13.5. The van der Waals surface area contributed by atoms with E-state index in [9.17, 15) is 5.11 Å². The highest BCUT2D eigenvalue weighted by atomic mass is 16.3. The molecule has 0 spiro atoms. The van der Waals surface area contributed by atoms with Gasteiger partial charge in [0.05, 0.1) is 13.2 Å². The van der Waals surface area contributed by atoms with Crippen LogP contribution in [0.1, 0.15) is 31.5 Å². The molecule has 0 aromatic carbocycles. The minimum Gasteiger partial charge on any atom is -0.392 e. The molecule has 0 fully saturated rings. The fourth-order valence-electron chi connectivity index (χ4n) is 1.74. The fourth-order valence-corrected chi connectivity index (χ4v) is 1.74. The monoisotopic (exact) mass is 232 g/mol. The summed E-state index contributed by atoms with van der Waals surface area (Å²) >= 11 is 0. The molecule has 3 heteroatoms. The minimum absolute atomic E-state index is 0.0415. The van der Waals surface area contributed by atoms with Crippen LogP contribution < -0.4 is 4.90 Å². The zero-order chi connectivity index (χ0) is 12.7. The molecular formula is C14H20N2O. The summed E-state index contributed by atoms with van der Waals surface area (Å²) in [5.41, 5.74) is 1.92. The van der Waals surface area contributed by atoms with Crippen LogP contribution in [0.25, 0.3) is 0 Å². The molecule has 1 N–H and O–H groups in total. The topological polar surface area (TPSA) is 36.4 Å². The van der Waals surface area contributed by atoms with Gasteiger partial charge in [-0.15, -0.1) is 6.42 Å². The zero-order valence-corrected chi connectivity index (χ0v) is 10.6. The Bertz CT molecular complexity index is 396. The molecular weight excluding hydrogens is 212 g/mol. The number of aromatic nitrogens is 1. The van der Waals surface area contributed by atoms with Gasteiger partial charge in [0.25, 0.3) is 0 Å². The van der Waals surface area contributed by atoms with Gasteiger partial charge in [-0.25, -0.2) is 4.98 Å². The Kier molecular flexibility index (Phi) is 5.51. The van der Waals surface area contributed by atoms with Gasteiger partial charge < -0.3 is 10.0 Å². The highest BCUT2D eigenvalue weighted by Crippen LogP contribution is 2.16. The van der Waals surface area contributed by atoms with Gasteiger partial charge in [0.15, 0.2) is 0 Å². The maximum absolute atomic E-state index is 9.25. The first-order valence-corrected chi connectivity index (χ1v) is 6.04. The van der Waals surface area contributed by atoms with Crippen molar-refractivity contribution < 1.29 is 5.11 Å². The molecule has 17 heavy (non-hydrogen) atoms. The van der Waals surface area contributed by atoms with Gasteiger partial charge in [-0.3, -0.25) is 0 Å². The number of terminal acetylenes is 1. The molecule has 0 saturated carbocycles. The number of aliphatic hydroxyl groups excluding tert-OH is 1. The Hall–Kier alpha value is -1.53. The largest absolute Gasteiger partial charge is 0.392 e. The Labute approximate surface area is 103 Å². The number of hydrogen-bond acceptors (Lipinski definition) is 3. The molecule has 0 radical (unpaired) electrons. The van der Waals surface area contributed by atoms with E-state index < -0.39 is 0 Å². The summed E-state index contributed by atoms with van der Waals surface area (Å²) in [5.74, 6) is 3.49. The molecule has 0 amide bonds. The van der Waals surface area contributed by atoms with Crippen LogP contribution in [-0.4, -0.2) is 23.2 Å². The van der Waals surface area contributed by atoms with Crippen LogP contribution in [0, 0.1) is 12.3 Å². The highest BCUT2D eigenvalue weighted by molar-refractivity contribution is 5.43. The van der Waals surface area contributed by atoms with E-state index in [-0.39, 0.29) is 6.61 Å². The van der Waals surface area contributed by atoms with Crippen LogP contribution in [0.5, 0.6) is 0 Å². The molecule has 0 aliphatic heterocycles. The SMILES string of the molecule is C#CCN(CC)c1cc(CO)cc(CCC)n1. The molecule has 1 heterocycles. The van der Waals surface area contributed by atoms with Crippen molar-refractivity contribution in [3.8, 4) is 12.3 Å². The average Bonchev–Trinajstić information content (AvgIpc) is 2.35. The maximum Gasteiger partial charge on any atom is 0.129 e. The number of hydrogen-bond donors (Lipinski definition) is 1. The van der Waals surface area contributed by atoms with Gasteiger partial charge in [-0.1, -0.05) is 19.3 Å². The molecule has 1 aromatic rings. The predicted octanol–water partition coefficient (Wildman–Crippen LogP) is 1.99. The van der Waals surface area contributed by atoms with Crippen molar-refractivity contribution in [3.05, 3.63) is 23.4 Å². The zero-order valence-electron chi connectivity index (χ0n) is 10.6.